The zero-order valence-corrected chi connectivity index (χ0v) is 18.5. The molecule has 8 heteroatoms. The number of carbonyl (C=O) groups excluding carboxylic acids is 1. The highest BCUT2D eigenvalue weighted by Crippen LogP contribution is 2.36. The van der Waals surface area contributed by atoms with Gasteiger partial charge >= 0.3 is 10.2 Å². The molecule has 1 aliphatic heterocycles. The molecule has 4 rings (SSSR count). The summed E-state index contributed by atoms with van der Waals surface area (Å²) in [6.07, 6.45) is 3.58. The number of anilines is 1. The standard InChI is InChI=1S/C24H26N2O5S/c27-12-6-2-5-7-18-10-11-20-15-23(31-17-19-8-3-1-4-9-19)22(14-21(20)13-18)26-16-24(28)25-32(26,29)30/h1,3-4,8-11,13-15,27H,2,5-7,12,16-17H2,(H,25,28). The largest absolute Gasteiger partial charge is 0.487 e. The Kier molecular flexibility index (Phi) is 6.62. The van der Waals surface area contributed by atoms with E-state index in [4.69, 9.17) is 9.84 Å². The van der Waals surface area contributed by atoms with E-state index in [1.165, 1.54) is 0 Å². The molecule has 3 aromatic carbocycles. The van der Waals surface area contributed by atoms with Gasteiger partial charge in [-0.15, -0.1) is 0 Å². The predicted molar refractivity (Wildman–Crippen MR) is 124 cm³/mol. The van der Waals surface area contributed by atoms with Crippen molar-refractivity contribution >= 4 is 32.6 Å². The molecule has 1 saturated heterocycles. The normalized spacial score (nSPS) is 15.2. The van der Waals surface area contributed by atoms with Crippen LogP contribution in [0.3, 0.4) is 0 Å². The van der Waals surface area contributed by atoms with Crippen LogP contribution in [0, 0.1) is 0 Å². The number of hydrogen-bond donors (Lipinski definition) is 2. The quantitative estimate of drug-likeness (QED) is 0.484. The van der Waals surface area contributed by atoms with Crippen LogP contribution < -0.4 is 13.8 Å². The van der Waals surface area contributed by atoms with E-state index < -0.39 is 16.1 Å². The Morgan fingerprint density at radius 1 is 0.938 bits per heavy atom. The van der Waals surface area contributed by atoms with Crippen LogP contribution in [0.15, 0.2) is 60.7 Å². The maximum atomic E-state index is 12.5. The average Bonchev–Trinajstić information content (AvgIpc) is 3.07. The van der Waals surface area contributed by atoms with Crippen molar-refractivity contribution in [1.82, 2.24) is 4.72 Å². The minimum absolute atomic E-state index is 0.198. The Bertz CT molecular complexity index is 1210. The second kappa shape index (κ2) is 9.58. The van der Waals surface area contributed by atoms with E-state index in [9.17, 15) is 13.2 Å². The zero-order valence-electron chi connectivity index (χ0n) is 17.7. The first-order chi connectivity index (χ1) is 15.5. The maximum Gasteiger partial charge on any atom is 0.326 e. The molecule has 1 fully saturated rings. The summed E-state index contributed by atoms with van der Waals surface area (Å²) in [6, 6.07) is 19.3. The molecule has 0 radical (unpaired) electrons. The molecule has 32 heavy (non-hydrogen) atoms. The highest BCUT2D eigenvalue weighted by molar-refractivity contribution is 7.92. The number of aliphatic hydroxyl groups excluding tert-OH is 1. The van der Waals surface area contributed by atoms with Crippen LogP contribution in [-0.2, 0) is 28.0 Å². The summed E-state index contributed by atoms with van der Waals surface area (Å²) in [5.74, 6) is -0.172. The number of benzene rings is 3. The van der Waals surface area contributed by atoms with Gasteiger partial charge in [0, 0.05) is 6.61 Å². The van der Waals surface area contributed by atoms with Gasteiger partial charge in [0.15, 0.2) is 0 Å². The number of aryl methyl sites for hydroxylation is 1. The number of amides is 1. The summed E-state index contributed by atoms with van der Waals surface area (Å²) in [5.41, 5.74) is 2.43. The van der Waals surface area contributed by atoms with E-state index in [1.54, 1.807) is 6.07 Å². The molecule has 0 aliphatic carbocycles. The van der Waals surface area contributed by atoms with Crippen LogP contribution in [0.4, 0.5) is 5.69 Å². The van der Waals surface area contributed by atoms with E-state index in [0.29, 0.717) is 11.4 Å². The van der Waals surface area contributed by atoms with Gasteiger partial charge < -0.3 is 9.84 Å². The summed E-state index contributed by atoms with van der Waals surface area (Å²) >= 11 is 0. The van der Waals surface area contributed by atoms with Gasteiger partial charge in [0.2, 0.25) is 0 Å². The lowest BCUT2D eigenvalue weighted by atomic mass is 10.0. The topological polar surface area (TPSA) is 95.9 Å². The fourth-order valence-electron chi connectivity index (χ4n) is 3.79. The van der Waals surface area contributed by atoms with Crippen LogP contribution in [0.5, 0.6) is 5.75 Å². The third-order valence-electron chi connectivity index (χ3n) is 5.43. The van der Waals surface area contributed by atoms with Crippen molar-refractivity contribution in [2.24, 2.45) is 0 Å². The molecule has 2 N–H and O–H groups in total. The minimum atomic E-state index is -3.96. The second-order valence-electron chi connectivity index (χ2n) is 7.85. The number of ether oxygens (including phenoxy) is 1. The number of hydrogen-bond acceptors (Lipinski definition) is 5. The molecule has 0 aromatic heterocycles. The Morgan fingerprint density at radius 3 is 2.47 bits per heavy atom. The number of unbranched alkanes of at least 4 members (excludes halogenated alkanes) is 2. The van der Waals surface area contributed by atoms with Gasteiger partial charge in [-0.3, -0.25) is 4.79 Å². The summed E-state index contributed by atoms with van der Waals surface area (Å²) in [7, 11) is -3.96. The maximum absolute atomic E-state index is 12.5. The monoisotopic (exact) mass is 454 g/mol. The summed E-state index contributed by atoms with van der Waals surface area (Å²) < 4.78 is 34.2. The molecule has 0 bridgehead atoms. The van der Waals surface area contributed by atoms with Crippen molar-refractivity contribution in [2.75, 3.05) is 17.5 Å². The van der Waals surface area contributed by atoms with Gasteiger partial charge in [0.25, 0.3) is 5.91 Å². The molecule has 0 atom stereocenters. The van der Waals surface area contributed by atoms with Gasteiger partial charge in [0.1, 0.15) is 18.9 Å². The lowest BCUT2D eigenvalue weighted by Gasteiger charge is -2.20. The summed E-state index contributed by atoms with van der Waals surface area (Å²) in [6.45, 7) is 0.192. The fraction of sp³-hybridized carbons (Fsp3) is 0.292. The highest BCUT2D eigenvalue weighted by Gasteiger charge is 2.36. The molecule has 0 spiro atoms. The van der Waals surface area contributed by atoms with Crippen LogP contribution in [-0.4, -0.2) is 32.6 Å². The number of rotatable bonds is 9. The second-order valence-corrected chi connectivity index (χ2v) is 9.44. The van der Waals surface area contributed by atoms with Crippen LogP contribution in [0.1, 0.15) is 30.4 Å². The third kappa shape index (κ3) is 5.03. The van der Waals surface area contributed by atoms with E-state index in [0.717, 1.165) is 51.9 Å². The molecule has 1 heterocycles. The van der Waals surface area contributed by atoms with E-state index in [1.807, 2.05) is 53.3 Å². The molecule has 168 valence electrons. The molecule has 3 aromatic rings. The van der Waals surface area contributed by atoms with E-state index >= 15 is 0 Å². The molecule has 1 amide bonds. The molecule has 0 saturated carbocycles. The molecule has 0 unspecified atom stereocenters. The zero-order chi connectivity index (χ0) is 22.6. The van der Waals surface area contributed by atoms with Crippen molar-refractivity contribution in [3.05, 3.63) is 71.8 Å². The fourth-order valence-corrected chi connectivity index (χ4v) is 4.95. The van der Waals surface area contributed by atoms with Gasteiger partial charge in [0.05, 0.1) is 5.69 Å². The highest BCUT2D eigenvalue weighted by atomic mass is 32.2. The van der Waals surface area contributed by atoms with Crippen LogP contribution in [0.25, 0.3) is 10.8 Å². The molecule has 7 nitrogen and oxygen atoms in total. The molecule has 1 aliphatic rings. The Balaban J connectivity index is 1.68. The Hall–Kier alpha value is -3.10. The van der Waals surface area contributed by atoms with Crippen molar-refractivity contribution in [2.45, 2.75) is 32.3 Å². The first-order valence-corrected chi connectivity index (χ1v) is 12.1. The van der Waals surface area contributed by atoms with Crippen molar-refractivity contribution in [1.29, 1.82) is 0 Å². The first kappa shape index (κ1) is 22.1. The molecular formula is C24H26N2O5S. The number of nitrogens with one attached hydrogen (secondary N) is 1. The summed E-state index contributed by atoms with van der Waals surface area (Å²) in [5, 5.41) is 10.7. The van der Waals surface area contributed by atoms with Gasteiger partial charge in [-0.05, 0) is 53.3 Å². The lowest BCUT2D eigenvalue weighted by Crippen LogP contribution is -2.29. The van der Waals surface area contributed by atoms with E-state index in [2.05, 4.69) is 6.07 Å². The van der Waals surface area contributed by atoms with Gasteiger partial charge in [-0.1, -0.05) is 55.0 Å². The third-order valence-corrected chi connectivity index (χ3v) is 6.82. The number of aliphatic hydroxyl groups is 1. The Morgan fingerprint density at radius 2 is 1.75 bits per heavy atom. The summed E-state index contributed by atoms with van der Waals surface area (Å²) in [4.78, 5) is 11.8. The van der Waals surface area contributed by atoms with Crippen molar-refractivity contribution in [3.8, 4) is 5.75 Å². The predicted octanol–water partition coefficient (Wildman–Crippen LogP) is 3.30. The van der Waals surface area contributed by atoms with Gasteiger partial charge in [-0.2, -0.15) is 8.42 Å². The average molecular weight is 455 g/mol. The first-order valence-electron chi connectivity index (χ1n) is 10.6. The lowest BCUT2D eigenvalue weighted by molar-refractivity contribution is -0.117. The number of carbonyl (C=O) groups is 1. The number of fused-ring (bicyclic) bond motifs is 1. The van der Waals surface area contributed by atoms with Crippen LogP contribution in [0.2, 0.25) is 0 Å². The molecular weight excluding hydrogens is 428 g/mol. The smallest absolute Gasteiger partial charge is 0.326 e. The SMILES string of the molecule is O=C1CN(c2cc3cc(CCCCCO)ccc3cc2OCc2ccccc2)S(=O)(=O)N1. The van der Waals surface area contributed by atoms with E-state index in [-0.39, 0.29) is 19.8 Å². The Labute approximate surface area is 187 Å². The van der Waals surface area contributed by atoms with Crippen molar-refractivity contribution < 1.29 is 23.1 Å². The van der Waals surface area contributed by atoms with Crippen LogP contribution >= 0.6 is 0 Å². The minimum Gasteiger partial charge on any atom is -0.487 e. The van der Waals surface area contributed by atoms with Gasteiger partial charge in [-0.25, -0.2) is 9.03 Å². The number of nitrogens with zero attached hydrogens (tertiary/aromatic N) is 1. The van der Waals surface area contributed by atoms with Crippen molar-refractivity contribution in [3.63, 3.8) is 0 Å².